The van der Waals surface area contributed by atoms with Gasteiger partial charge in [-0.3, -0.25) is 0 Å². The van der Waals surface area contributed by atoms with Crippen LogP contribution in [0.15, 0.2) is 12.1 Å². The van der Waals surface area contributed by atoms with E-state index in [1.54, 1.807) is 29.6 Å². The molecule has 1 N–H and O–H groups in total. The number of nitrogens with zero attached hydrogens (tertiary/aromatic N) is 2. The molecule has 0 amide bonds. The third kappa shape index (κ3) is 3.79. The van der Waals surface area contributed by atoms with Gasteiger partial charge in [-0.1, -0.05) is 24.2 Å². The molecule has 1 aromatic carbocycles. The SMILES string of the molecule is COCCOCCOCCNc1nc2cc3c(cc2s1)CC12CC[C@@]34CCCC[C@H]4[C@@H]1N(C)C2.[HH]. The van der Waals surface area contributed by atoms with Crippen molar-refractivity contribution in [3.63, 3.8) is 0 Å². The molecular weight excluding hydrogens is 446 g/mol. The van der Waals surface area contributed by atoms with Crippen LogP contribution in [0.1, 0.15) is 51.1 Å². The molecule has 2 saturated carbocycles. The average Bonchev–Trinajstić information content (AvgIpc) is 3.14. The highest BCUT2D eigenvalue weighted by molar-refractivity contribution is 7.22. The smallest absolute Gasteiger partial charge is 0.183 e. The third-order valence-electron chi connectivity index (χ3n) is 9.23. The summed E-state index contributed by atoms with van der Waals surface area (Å²) in [6.45, 7) is 5.17. The van der Waals surface area contributed by atoms with E-state index in [2.05, 4.69) is 29.4 Å². The highest BCUT2D eigenvalue weighted by Crippen LogP contribution is 2.65. The number of benzene rings is 1. The predicted molar refractivity (Wildman–Crippen MR) is 139 cm³/mol. The number of hydrogen-bond donors (Lipinski definition) is 1. The van der Waals surface area contributed by atoms with Gasteiger partial charge in [-0.2, -0.15) is 0 Å². The van der Waals surface area contributed by atoms with Crippen LogP contribution in [0.5, 0.6) is 0 Å². The fraction of sp³-hybridized carbons (Fsp3) is 0.741. The summed E-state index contributed by atoms with van der Waals surface area (Å²) in [5, 5.41) is 4.49. The van der Waals surface area contributed by atoms with Crippen LogP contribution in [0, 0.1) is 11.3 Å². The highest BCUT2D eigenvalue weighted by Gasteiger charge is 2.65. The van der Waals surface area contributed by atoms with Gasteiger partial charge in [0, 0.05) is 38.5 Å². The van der Waals surface area contributed by atoms with E-state index in [1.807, 2.05) is 0 Å². The van der Waals surface area contributed by atoms with Crippen LogP contribution < -0.4 is 5.32 Å². The van der Waals surface area contributed by atoms with Crippen molar-refractivity contribution in [2.24, 2.45) is 11.3 Å². The molecular formula is C27H41N3O3S. The summed E-state index contributed by atoms with van der Waals surface area (Å²) in [5.41, 5.74) is 5.39. The second-order valence-corrected chi connectivity index (χ2v) is 12.1. The van der Waals surface area contributed by atoms with Crippen molar-refractivity contribution in [3.05, 3.63) is 23.3 Å². The third-order valence-corrected chi connectivity index (χ3v) is 10.2. The standard InChI is InChI=1S/C27H39N3O3S.H2/c1-30-18-26-7-8-27(6-4-3-5-20(27)24(26)30)21-16-22-23(15-19(21)17-26)34-25(29-22)28-9-10-32-13-14-33-12-11-31-2;/h15-16,20,24H,3-14,17-18H2,1-2H3,(H,28,29);1H/t20-,24-,26?,27+;/m0./s1. The zero-order chi connectivity index (χ0) is 23.2. The normalized spacial score (nSPS) is 32.1. The molecule has 2 aromatic rings. The average molecular weight is 488 g/mol. The van der Waals surface area contributed by atoms with Gasteiger partial charge in [-0.15, -0.1) is 0 Å². The Morgan fingerprint density at radius 2 is 1.97 bits per heavy atom. The summed E-state index contributed by atoms with van der Waals surface area (Å²) in [7, 11) is 4.06. The molecule has 2 heterocycles. The zero-order valence-corrected chi connectivity index (χ0v) is 21.6. The molecule has 3 fully saturated rings. The minimum absolute atomic E-state index is 0. The van der Waals surface area contributed by atoms with Crippen LogP contribution in [0.2, 0.25) is 0 Å². The van der Waals surface area contributed by atoms with Gasteiger partial charge in [-0.05, 0) is 68.3 Å². The molecule has 7 rings (SSSR count). The van der Waals surface area contributed by atoms with E-state index in [-0.39, 0.29) is 1.43 Å². The van der Waals surface area contributed by atoms with E-state index >= 15 is 0 Å². The summed E-state index contributed by atoms with van der Waals surface area (Å²) < 4.78 is 17.4. The van der Waals surface area contributed by atoms with Crippen LogP contribution >= 0.6 is 11.3 Å². The maximum Gasteiger partial charge on any atom is 0.183 e. The number of methoxy groups -OCH3 is 1. The zero-order valence-electron chi connectivity index (χ0n) is 20.7. The lowest BCUT2D eigenvalue weighted by atomic mass is 9.48. The van der Waals surface area contributed by atoms with E-state index < -0.39 is 0 Å². The maximum atomic E-state index is 5.68. The topological polar surface area (TPSA) is 55.9 Å². The van der Waals surface area contributed by atoms with E-state index in [9.17, 15) is 0 Å². The minimum atomic E-state index is 0. The largest absolute Gasteiger partial charge is 0.382 e. The van der Waals surface area contributed by atoms with Crippen LogP contribution in [0.25, 0.3) is 10.2 Å². The molecule has 188 valence electrons. The van der Waals surface area contributed by atoms with Crippen molar-refractivity contribution >= 4 is 26.7 Å². The molecule has 2 bridgehead atoms. The first-order chi connectivity index (χ1) is 16.7. The molecule has 0 radical (unpaired) electrons. The lowest BCUT2D eigenvalue weighted by Crippen LogP contribution is -2.71. The molecule has 1 unspecified atom stereocenters. The molecule has 34 heavy (non-hydrogen) atoms. The van der Waals surface area contributed by atoms with Crippen molar-refractivity contribution in [1.82, 2.24) is 9.88 Å². The first kappa shape index (κ1) is 23.2. The van der Waals surface area contributed by atoms with Gasteiger partial charge in [0.15, 0.2) is 5.13 Å². The molecule has 1 saturated heterocycles. The molecule has 7 heteroatoms. The number of thiazole rings is 1. The summed E-state index contributed by atoms with van der Waals surface area (Å²) in [6, 6.07) is 5.81. The van der Waals surface area contributed by atoms with E-state index in [1.165, 1.54) is 61.7 Å². The molecule has 6 nitrogen and oxygen atoms in total. The van der Waals surface area contributed by atoms with Crippen molar-refractivity contribution < 1.29 is 15.6 Å². The van der Waals surface area contributed by atoms with Gasteiger partial charge in [0.25, 0.3) is 0 Å². The molecule has 1 aromatic heterocycles. The van der Waals surface area contributed by atoms with Gasteiger partial charge >= 0.3 is 0 Å². The fourth-order valence-corrected chi connectivity index (χ4v) is 8.94. The second-order valence-electron chi connectivity index (χ2n) is 11.0. The first-order valence-electron chi connectivity index (χ1n) is 13.2. The number of hydrogen-bond acceptors (Lipinski definition) is 7. The van der Waals surface area contributed by atoms with Crippen LogP contribution in [-0.4, -0.2) is 76.2 Å². The molecule has 4 atom stereocenters. The Labute approximate surface area is 208 Å². The fourth-order valence-electron chi connectivity index (χ4n) is 8.01. The van der Waals surface area contributed by atoms with Crippen molar-refractivity contribution in [1.29, 1.82) is 0 Å². The van der Waals surface area contributed by atoms with Crippen LogP contribution in [0.3, 0.4) is 0 Å². The van der Waals surface area contributed by atoms with E-state index in [0.29, 0.717) is 43.9 Å². The number of nitrogens with one attached hydrogen (secondary N) is 1. The molecule has 4 aliphatic carbocycles. The van der Waals surface area contributed by atoms with Crippen molar-refractivity contribution in [2.75, 3.05) is 65.6 Å². The number of anilines is 1. The Kier molecular flexibility index (Phi) is 6.35. The van der Waals surface area contributed by atoms with Gasteiger partial charge in [0.2, 0.25) is 0 Å². The van der Waals surface area contributed by atoms with Gasteiger partial charge in [0.05, 0.1) is 43.3 Å². The number of fused-ring (bicyclic) bond motifs is 2. The van der Waals surface area contributed by atoms with E-state index in [0.717, 1.165) is 23.6 Å². The summed E-state index contributed by atoms with van der Waals surface area (Å²) in [5.74, 6) is 0.833. The number of rotatable bonds is 10. The first-order valence-corrected chi connectivity index (χ1v) is 14.0. The summed E-state index contributed by atoms with van der Waals surface area (Å²) in [4.78, 5) is 7.69. The number of ether oxygens (including phenoxy) is 3. The monoisotopic (exact) mass is 487 g/mol. The lowest BCUT2D eigenvalue weighted by Gasteiger charge is -2.66. The van der Waals surface area contributed by atoms with Crippen LogP contribution in [0.4, 0.5) is 5.13 Å². The van der Waals surface area contributed by atoms with E-state index in [4.69, 9.17) is 19.2 Å². The molecule has 2 spiro atoms. The Morgan fingerprint density at radius 3 is 2.82 bits per heavy atom. The Bertz CT molecular complexity index is 1030. The van der Waals surface area contributed by atoms with Gasteiger partial charge in [0.1, 0.15) is 0 Å². The Balaban J connectivity index is 0.00000253. The lowest BCUT2D eigenvalue weighted by molar-refractivity contribution is -0.147. The molecule has 1 aliphatic heterocycles. The number of aromatic nitrogens is 1. The van der Waals surface area contributed by atoms with Crippen LogP contribution in [-0.2, 0) is 26.0 Å². The summed E-state index contributed by atoms with van der Waals surface area (Å²) in [6.07, 6.45) is 9.66. The highest BCUT2D eigenvalue weighted by atomic mass is 32.1. The van der Waals surface area contributed by atoms with Crippen molar-refractivity contribution in [2.45, 2.75) is 56.4 Å². The molecule has 5 aliphatic rings. The van der Waals surface area contributed by atoms with Gasteiger partial charge < -0.3 is 24.4 Å². The number of likely N-dealkylation sites (tertiary alicyclic amines) is 1. The second kappa shape index (κ2) is 9.32. The summed E-state index contributed by atoms with van der Waals surface area (Å²) >= 11 is 1.80. The van der Waals surface area contributed by atoms with Gasteiger partial charge in [-0.25, -0.2) is 4.98 Å². The Morgan fingerprint density at radius 1 is 1.12 bits per heavy atom. The quantitative estimate of drug-likeness (QED) is 0.490. The maximum absolute atomic E-state index is 5.68. The minimum Gasteiger partial charge on any atom is -0.382 e. The predicted octanol–water partition coefficient (Wildman–Crippen LogP) is 4.71. The van der Waals surface area contributed by atoms with Crippen molar-refractivity contribution in [3.8, 4) is 0 Å². The Hall–Kier alpha value is -1.25.